The van der Waals surface area contributed by atoms with Crippen LogP contribution in [0.1, 0.15) is 32.9 Å². The third-order valence-corrected chi connectivity index (χ3v) is 3.37. The lowest BCUT2D eigenvalue weighted by Gasteiger charge is -2.36. The number of aromatic nitrogens is 1. The van der Waals surface area contributed by atoms with Crippen LogP contribution < -0.4 is 4.90 Å². The first-order valence-electron chi connectivity index (χ1n) is 5.26. The molecule has 0 saturated carbocycles. The molecule has 0 fully saturated rings. The lowest BCUT2D eigenvalue weighted by atomic mass is 9.99. The Morgan fingerprint density at radius 1 is 1.47 bits per heavy atom. The fraction of sp³-hybridized carbons (Fsp3) is 0.583. The molecule has 0 bridgehead atoms. The van der Waals surface area contributed by atoms with Crippen molar-refractivity contribution in [3.05, 3.63) is 24.0 Å². The molecule has 0 aliphatic heterocycles. The lowest BCUT2D eigenvalue weighted by Crippen LogP contribution is -2.40. The van der Waals surface area contributed by atoms with Crippen LogP contribution in [-0.4, -0.2) is 17.6 Å². The Bertz CT molecular complexity index is 323. The summed E-state index contributed by atoms with van der Waals surface area (Å²) in [5.74, 6) is 0.467. The van der Waals surface area contributed by atoms with Gasteiger partial charge in [-0.2, -0.15) is 0 Å². The summed E-state index contributed by atoms with van der Waals surface area (Å²) < 4.78 is 0. The Morgan fingerprint density at radius 3 is 2.67 bits per heavy atom. The van der Waals surface area contributed by atoms with Crippen LogP contribution in [-0.2, 0) is 5.88 Å². The summed E-state index contributed by atoms with van der Waals surface area (Å²) in [5.41, 5.74) is 2.26. The second kappa shape index (κ2) is 4.84. The number of anilines is 1. The maximum Gasteiger partial charge on any atom is 0.0648 e. The number of hydrogen-bond donors (Lipinski definition) is 0. The molecule has 0 aliphatic rings. The Labute approximate surface area is 97.3 Å². The van der Waals surface area contributed by atoms with E-state index < -0.39 is 0 Å². The highest BCUT2D eigenvalue weighted by molar-refractivity contribution is 6.16. The molecule has 0 saturated heterocycles. The quantitative estimate of drug-likeness (QED) is 0.732. The first kappa shape index (κ1) is 12.3. The van der Waals surface area contributed by atoms with Gasteiger partial charge in [0.1, 0.15) is 0 Å². The Kier molecular flexibility index (Phi) is 3.97. The second-order valence-electron chi connectivity index (χ2n) is 4.36. The summed E-state index contributed by atoms with van der Waals surface area (Å²) in [7, 11) is 2.11. The molecule has 1 aromatic heterocycles. The fourth-order valence-corrected chi connectivity index (χ4v) is 1.48. The van der Waals surface area contributed by atoms with E-state index >= 15 is 0 Å². The van der Waals surface area contributed by atoms with Gasteiger partial charge in [0.05, 0.1) is 11.6 Å². The van der Waals surface area contributed by atoms with Crippen molar-refractivity contribution in [3.8, 4) is 0 Å². The van der Waals surface area contributed by atoms with Gasteiger partial charge in [-0.1, -0.05) is 6.92 Å². The van der Waals surface area contributed by atoms with Gasteiger partial charge in [-0.05, 0) is 32.4 Å². The van der Waals surface area contributed by atoms with Gasteiger partial charge in [-0.3, -0.25) is 4.98 Å². The van der Waals surface area contributed by atoms with E-state index in [9.17, 15) is 0 Å². The van der Waals surface area contributed by atoms with E-state index in [1.54, 1.807) is 0 Å². The van der Waals surface area contributed by atoms with Crippen molar-refractivity contribution in [1.29, 1.82) is 0 Å². The summed E-state index contributed by atoms with van der Waals surface area (Å²) in [5, 5.41) is 0. The highest BCUT2D eigenvalue weighted by Gasteiger charge is 2.21. The monoisotopic (exact) mass is 226 g/mol. The van der Waals surface area contributed by atoms with Crippen LogP contribution in [0.25, 0.3) is 0 Å². The van der Waals surface area contributed by atoms with Crippen LogP contribution >= 0.6 is 11.6 Å². The van der Waals surface area contributed by atoms with Crippen molar-refractivity contribution in [2.75, 3.05) is 11.9 Å². The predicted molar refractivity (Wildman–Crippen MR) is 66.6 cm³/mol. The van der Waals surface area contributed by atoms with Crippen molar-refractivity contribution in [3.63, 3.8) is 0 Å². The zero-order chi connectivity index (χ0) is 11.5. The van der Waals surface area contributed by atoms with Gasteiger partial charge in [-0.25, -0.2) is 0 Å². The number of pyridine rings is 1. The molecule has 0 radical (unpaired) electrons. The van der Waals surface area contributed by atoms with Crippen molar-refractivity contribution >= 4 is 17.3 Å². The number of rotatable bonds is 4. The van der Waals surface area contributed by atoms with Gasteiger partial charge in [0, 0.05) is 24.5 Å². The minimum Gasteiger partial charge on any atom is -0.369 e. The first-order valence-corrected chi connectivity index (χ1v) is 5.79. The second-order valence-corrected chi connectivity index (χ2v) is 4.63. The molecule has 0 N–H and O–H groups in total. The molecule has 15 heavy (non-hydrogen) atoms. The molecular weight excluding hydrogens is 208 g/mol. The molecule has 0 amide bonds. The van der Waals surface area contributed by atoms with Crippen LogP contribution in [0.15, 0.2) is 18.3 Å². The molecule has 0 atom stereocenters. The summed E-state index contributed by atoms with van der Waals surface area (Å²) in [6.07, 6.45) is 2.91. The van der Waals surface area contributed by atoms with Gasteiger partial charge in [-0.15, -0.1) is 11.6 Å². The normalized spacial score (nSPS) is 11.5. The smallest absolute Gasteiger partial charge is 0.0648 e. The van der Waals surface area contributed by atoms with E-state index in [-0.39, 0.29) is 5.54 Å². The zero-order valence-corrected chi connectivity index (χ0v) is 10.7. The minimum absolute atomic E-state index is 0.158. The highest BCUT2D eigenvalue weighted by Crippen LogP contribution is 2.24. The zero-order valence-electron chi connectivity index (χ0n) is 9.92. The summed E-state index contributed by atoms with van der Waals surface area (Å²) in [6.45, 7) is 6.65. The van der Waals surface area contributed by atoms with Gasteiger partial charge in [0.15, 0.2) is 0 Å². The highest BCUT2D eigenvalue weighted by atomic mass is 35.5. The van der Waals surface area contributed by atoms with E-state index in [0.717, 1.165) is 12.1 Å². The Morgan fingerprint density at radius 2 is 2.13 bits per heavy atom. The minimum atomic E-state index is 0.158. The fourth-order valence-electron chi connectivity index (χ4n) is 1.33. The molecule has 84 valence electrons. The molecule has 1 aromatic rings. The van der Waals surface area contributed by atoms with Crippen LogP contribution in [0.2, 0.25) is 0 Å². The van der Waals surface area contributed by atoms with Crippen molar-refractivity contribution in [2.24, 2.45) is 0 Å². The average Bonchev–Trinajstić information content (AvgIpc) is 2.28. The van der Waals surface area contributed by atoms with Gasteiger partial charge in [0.25, 0.3) is 0 Å². The largest absolute Gasteiger partial charge is 0.369 e. The maximum atomic E-state index is 5.77. The van der Waals surface area contributed by atoms with E-state index in [1.165, 1.54) is 5.69 Å². The topological polar surface area (TPSA) is 16.1 Å². The molecule has 1 rings (SSSR count). The van der Waals surface area contributed by atoms with Crippen LogP contribution in [0.5, 0.6) is 0 Å². The van der Waals surface area contributed by atoms with E-state index in [1.807, 2.05) is 18.3 Å². The van der Waals surface area contributed by atoms with E-state index in [2.05, 4.69) is 37.7 Å². The van der Waals surface area contributed by atoms with Crippen molar-refractivity contribution < 1.29 is 0 Å². The van der Waals surface area contributed by atoms with Gasteiger partial charge < -0.3 is 4.90 Å². The van der Waals surface area contributed by atoms with Crippen molar-refractivity contribution in [2.45, 2.75) is 38.6 Å². The average molecular weight is 227 g/mol. The van der Waals surface area contributed by atoms with Crippen LogP contribution in [0.3, 0.4) is 0 Å². The van der Waals surface area contributed by atoms with Gasteiger partial charge >= 0.3 is 0 Å². The molecular formula is C12H19ClN2. The number of nitrogens with zero attached hydrogens (tertiary/aromatic N) is 2. The summed E-state index contributed by atoms with van der Waals surface area (Å²) >= 11 is 5.77. The molecule has 0 aromatic carbocycles. The SMILES string of the molecule is CCC(C)(C)N(C)c1ccnc(CCl)c1. The predicted octanol–water partition coefficient (Wildman–Crippen LogP) is 3.45. The molecule has 2 nitrogen and oxygen atoms in total. The maximum absolute atomic E-state index is 5.77. The Hall–Kier alpha value is -0.760. The number of halogens is 1. The molecule has 0 unspecified atom stereocenters. The van der Waals surface area contributed by atoms with Gasteiger partial charge in [0.2, 0.25) is 0 Å². The first-order chi connectivity index (χ1) is 7.01. The third kappa shape index (κ3) is 2.85. The van der Waals surface area contributed by atoms with Crippen LogP contribution in [0.4, 0.5) is 5.69 Å². The number of alkyl halides is 1. The molecule has 1 heterocycles. The summed E-state index contributed by atoms with van der Waals surface area (Å²) in [4.78, 5) is 6.46. The van der Waals surface area contributed by atoms with E-state index in [0.29, 0.717) is 5.88 Å². The van der Waals surface area contributed by atoms with E-state index in [4.69, 9.17) is 11.6 Å². The van der Waals surface area contributed by atoms with Crippen molar-refractivity contribution in [1.82, 2.24) is 4.98 Å². The Balaban J connectivity index is 2.95. The molecule has 0 spiro atoms. The van der Waals surface area contributed by atoms with Crippen LogP contribution in [0, 0.1) is 0 Å². The molecule has 3 heteroatoms. The summed E-state index contributed by atoms with van der Waals surface area (Å²) in [6, 6.07) is 4.07. The number of hydrogen-bond acceptors (Lipinski definition) is 2. The molecule has 0 aliphatic carbocycles. The third-order valence-electron chi connectivity index (χ3n) is 3.10. The standard InChI is InChI=1S/C12H19ClN2/c1-5-12(2,3)15(4)11-6-7-14-10(8-11)9-13/h6-8H,5,9H2,1-4H3. The lowest BCUT2D eigenvalue weighted by molar-refractivity contribution is 0.470.